The van der Waals surface area contributed by atoms with Crippen LogP contribution in [0.2, 0.25) is 0 Å². The van der Waals surface area contributed by atoms with Crippen molar-refractivity contribution in [3.63, 3.8) is 0 Å². The van der Waals surface area contributed by atoms with Crippen LogP contribution in [-0.2, 0) is 11.4 Å². The molecule has 5 heteroatoms. The molecule has 0 fully saturated rings. The number of hydrogen-bond acceptors (Lipinski definition) is 4. The third-order valence-corrected chi connectivity index (χ3v) is 3.51. The van der Waals surface area contributed by atoms with Crippen molar-refractivity contribution in [3.05, 3.63) is 53.6 Å². The highest BCUT2D eigenvalue weighted by atomic mass is 16.5. The number of amides is 1. The van der Waals surface area contributed by atoms with Crippen molar-refractivity contribution in [3.8, 4) is 11.5 Å². The fourth-order valence-electron chi connectivity index (χ4n) is 2.28. The summed E-state index contributed by atoms with van der Waals surface area (Å²) in [4.78, 5) is 24.3. The van der Waals surface area contributed by atoms with Crippen molar-refractivity contribution in [2.24, 2.45) is 0 Å². The fraction of sp³-hybridized carbons (Fsp3) is 0.176. The van der Waals surface area contributed by atoms with E-state index in [1.807, 2.05) is 30.3 Å². The molecule has 0 saturated heterocycles. The summed E-state index contributed by atoms with van der Waals surface area (Å²) in [5.41, 5.74) is 1.99. The first-order valence-corrected chi connectivity index (χ1v) is 6.88. The molecule has 1 heterocycles. The van der Waals surface area contributed by atoms with E-state index >= 15 is 0 Å². The zero-order chi connectivity index (χ0) is 15.5. The maximum absolute atomic E-state index is 11.7. The van der Waals surface area contributed by atoms with Gasteiger partial charge in [-0.2, -0.15) is 0 Å². The molecule has 112 valence electrons. The second-order valence-corrected chi connectivity index (χ2v) is 5.00. The van der Waals surface area contributed by atoms with E-state index in [9.17, 15) is 9.59 Å². The first kappa shape index (κ1) is 14.1. The van der Waals surface area contributed by atoms with Crippen molar-refractivity contribution in [1.29, 1.82) is 0 Å². The Hall–Kier alpha value is -2.82. The van der Waals surface area contributed by atoms with Gasteiger partial charge in [-0.15, -0.1) is 0 Å². The van der Waals surface area contributed by atoms with Gasteiger partial charge in [-0.1, -0.05) is 30.3 Å². The average molecular weight is 297 g/mol. The number of likely N-dealkylation sites (N-methyl/N-ethyl adjacent to an activating group) is 1. The molecule has 22 heavy (non-hydrogen) atoms. The summed E-state index contributed by atoms with van der Waals surface area (Å²) < 4.78 is 11.3. The average Bonchev–Trinajstić information content (AvgIpc) is 2.57. The second-order valence-electron chi connectivity index (χ2n) is 5.00. The molecule has 0 N–H and O–H groups in total. The molecular weight excluding hydrogens is 282 g/mol. The largest absolute Gasteiger partial charge is 0.485 e. The number of aldehydes is 1. The molecule has 0 bridgehead atoms. The van der Waals surface area contributed by atoms with Gasteiger partial charge in [-0.3, -0.25) is 9.59 Å². The summed E-state index contributed by atoms with van der Waals surface area (Å²) in [6, 6.07) is 12.9. The SMILES string of the molecule is CN1C(=O)COc2c(OCc3ccccc3)cc(C=O)cc21. The third-order valence-electron chi connectivity index (χ3n) is 3.51. The topological polar surface area (TPSA) is 55.8 Å². The quantitative estimate of drug-likeness (QED) is 0.813. The number of anilines is 1. The summed E-state index contributed by atoms with van der Waals surface area (Å²) in [6.45, 7) is 0.322. The molecule has 1 amide bonds. The van der Waals surface area contributed by atoms with Gasteiger partial charge in [0.15, 0.2) is 18.1 Å². The molecule has 0 unspecified atom stereocenters. The molecule has 5 nitrogen and oxygen atoms in total. The van der Waals surface area contributed by atoms with Gasteiger partial charge in [-0.25, -0.2) is 0 Å². The van der Waals surface area contributed by atoms with E-state index in [0.29, 0.717) is 29.4 Å². The highest BCUT2D eigenvalue weighted by Gasteiger charge is 2.26. The van der Waals surface area contributed by atoms with Crippen molar-refractivity contribution in [1.82, 2.24) is 0 Å². The Morgan fingerprint density at radius 2 is 2.05 bits per heavy atom. The zero-order valence-corrected chi connectivity index (χ0v) is 12.1. The van der Waals surface area contributed by atoms with Crippen molar-refractivity contribution in [2.45, 2.75) is 6.61 Å². The molecule has 0 saturated carbocycles. The predicted molar refractivity (Wildman–Crippen MR) is 81.5 cm³/mol. The van der Waals surface area contributed by atoms with E-state index in [1.165, 1.54) is 4.90 Å². The molecule has 3 rings (SSSR count). The lowest BCUT2D eigenvalue weighted by atomic mass is 10.1. The van der Waals surface area contributed by atoms with Crippen LogP contribution in [0.4, 0.5) is 5.69 Å². The zero-order valence-electron chi connectivity index (χ0n) is 12.1. The van der Waals surface area contributed by atoms with Gasteiger partial charge in [-0.05, 0) is 17.7 Å². The highest BCUT2D eigenvalue weighted by Crippen LogP contribution is 2.41. The maximum atomic E-state index is 11.7. The van der Waals surface area contributed by atoms with Gasteiger partial charge in [0.1, 0.15) is 12.9 Å². The second kappa shape index (κ2) is 5.89. The van der Waals surface area contributed by atoms with Gasteiger partial charge < -0.3 is 14.4 Å². The maximum Gasteiger partial charge on any atom is 0.264 e. The van der Waals surface area contributed by atoms with Crippen LogP contribution in [0.3, 0.4) is 0 Å². The van der Waals surface area contributed by atoms with Crippen molar-refractivity contribution >= 4 is 17.9 Å². The highest BCUT2D eigenvalue weighted by molar-refractivity contribution is 5.99. The standard InChI is InChI=1S/C17H15NO4/c1-18-14-7-13(9-19)8-15(17(14)22-11-16(18)20)21-10-12-5-3-2-4-6-12/h2-9H,10-11H2,1H3. The summed E-state index contributed by atoms with van der Waals surface area (Å²) in [6.07, 6.45) is 0.725. The number of hydrogen-bond donors (Lipinski definition) is 0. The number of fused-ring (bicyclic) bond motifs is 1. The Balaban J connectivity index is 1.93. The monoisotopic (exact) mass is 297 g/mol. The van der Waals surface area contributed by atoms with Crippen LogP contribution in [0, 0.1) is 0 Å². The fourth-order valence-corrected chi connectivity index (χ4v) is 2.28. The Kier molecular flexibility index (Phi) is 3.78. The normalized spacial score (nSPS) is 13.3. The minimum Gasteiger partial charge on any atom is -0.485 e. The number of carbonyl (C=O) groups is 2. The van der Waals surface area contributed by atoms with Crippen LogP contribution in [0.15, 0.2) is 42.5 Å². The number of rotatable bonds is 4. The van der Waals surface area contributed by atoms with E-state index in [4.69, 9.17) is 9.47 Å². The molecule has 2 aromatic rings. The summed E-state index contributed by atoms with van der Waals surface area (Å²) in [5.74, 6) is 0.788. The minimum absolute atomic E-state index is 0.0361. The molecule has 0 atom stereocenters. The van der Waals surface area contributed by atoms with Crippen LogP contribution in [0.5, 0.6) is 11.5 Å². The Morgan fingerprint density at radius 1 is 1.27 bits per heavy atom. The van der Waals surface area contributed by atoms with Crippen molar-refractivity contribution < 1.29 is 19.1 Å². The van der Waals surface area contributed by atoms with Crippen LogP contribution in [0.25, 0.3) is 0 Å². The Labute approximate surface area is 128 Å². The molecule has 1 aliphatic rings. The molecule has 0 aliphatic carbocycles. The van der Waals surface area contributed by atoms with Gasteiger partial charge in [0.25, 0.3) is 5.91 Å². The van der Waals surface area contributed by atoms with Gasteiger partial charge in [0.05, 0.1) is 5.69 Å². The van der Waals surface area contributed by atoms with E-state index < -0.39 is 0 Å². The number of carbonyl (C=O) groups excluding carboxylic acids is 2. The molecular formula is C17H15NO4. The third kappa shape index (κ3) is 2.65. The summed E-state index contributed by atoms with van der Waals surface area (Å²) in [5, 5.41) is 0. The summed E-state index contributed by atoms with van der Waals surface area (Å²) in [7, 11) is 1.65. The van der Waals surface area contributed by atoms with Gasteiger partial charge in [0.2, 0.25) is 0 Å². The number of nitrogens with zero attached hydrogens (tertiary/aromatic N) is 1. The van der Waals surface area contributed by atoms with Crippen LogP contribution >= 0.6 is 0 Å². The predicted octanol–water partition coefficient (Wildman–Crippen LogP) is 2.43. The van der Waals surface area contributed by atoms with E-state index in [-0.39, 0.29) is 12.5 Å². The minimum atomic E-state index is -0.162. The summed E-state index contributed by atoms with van der Waals surface area (Å²) >= 11 is 0. The van der Waals surface area contributed by atoms with Crippen LogP contribution in [0.1, 0.15) is 15.9 Å². The van der Waals surface area contributed by atoms with Crippen LogP contribution < -0.4 is 14.4 Å². The first-order valence-electron chi connectivity index (χ1n) is 6.88. The van der Waals surface area contributed by atoms with Crippen LogP contribution in [-0.4, -0.2) is 25.8 Å². The number of benzene rings is 2. The van der Waals surface area contributed by atoms with E-state index in [1.54, 1.807) is 19.2 Å². The first-order chi connectivity index (χ1) is 10.7. The van der Waals surface area contributed by atoms with Gasteiger partial charge in [0, 0.05) is 12.6 Å². The Bertz CT molecular complexity index is 712. The number of ether oxygens (including phenoxy) is 2. The molecule has 2 aromatic carbocycles. The molecule has 0 spiro atoms. The Morgan fingerprint density at radius 3 is 2.77 bits per heavy atom. The molecule has 1 aliphatic heterocycles. The smallest absolute Gasteiger partial charge is 0.264 e. The molecule has 0 aromatic heterocycles. The van der Waals surface area contributed by atoms with E-state index in [0.717, 1.165) is 11.8 Å². The lowest BCUT2D eigenvalue weighted by molar-refractivity contribution is -0.121. The lowest BCUT2D eigenvalue weighted by Gasteiger charge is -2.27. The van der Waals surface area contributed by atoms with E-state index in [2.05, 4.69) is 0 Å². The lowest BCUT2D eigenvalue weighted by Crippen LogP contribution is -2.35. The van der Waals surface area contributed by atoms with Crippen molar-refractivity contribution in [2.75, 3.05) is 18.6 Å². The molecule has 0 radical (unpaired) electrons. The van der Waals surface area contributed by atoms with Gasteiger partial charge >= 0.3 is 0 Å².